The van der Waals surface area contributed by atoms with Crippen LogP contribution >= 0.6 is 11.6 Å². The lowest BCUT2D eigenvalue weighted by Gasteiger charge is -2.19. The quantitative estimate of drug-likeness (QED) is 0.515. The highest BCUT2D eigenvalue weighted by atomic mass is 35.5. The molecule has 0 aliphatic carbocycles. The molecule has 1 unspecified atom stereocenters. The second kappa shape index (κ2) is 9.38. The van der Waals surface area contributed by atoms with Gasteiger partial charge >= 0.3 is 0 Å². The highest BCUT2D eigenvalue weighted by molar-refractivity contribution is 6.31. The fourth-order valence-electron chi connectivity index (χ4n) is 2.11. The molecule has 0 N–H and O–H groups in total. The average molecular weight is 391 g/mol. The van der Waals surface area contributed by atoms with Crippen LogP contribution in [0, 0.1) is 15.9 Å². The number of halogens is 4. The zero-order chi connectivity index (χ0) is 19.9. The van der Waals surface area contributed by atoms with Crippen molar-refractivity contribution in [2.24, 2.45) is 0 Å². The molecule has 1 heterocycles. The molecular weight excluding hydrogens is 373 g/mol. The minimum atomic E-state index is -2.88. The molecule has 0 saturated carbocycles. The summed E-state index contributed by atoms with van der Waals surface area (Å²) >= 11 is 5.72. The van der Waals surface area contributed by atoms with Crippen LogP contribution in [0.4, 0.5) is 13.2 Å². The van der Waals surface area contributed by atoms with Crippen LogP contribution in [0.2, 0.25) is 5.02 Å². The van der Waals surface area contributed by atoms with Crippen molar-refractivity contribution in [2.45, 2.75) is 19.5 Å². The van der Waals surface area contributed by atoms with Gasteiger partial charge in [-0.05, 0) is 30.3 Å². The normalized spacial score (nSPS) is 12.6. The van der Waals surface area contributed by atoms with Gasteiger partial charge in [0.25, 0.3) is 0 Å². The minimum Gasteiger partial charge on any atom is -0.494 e. The van der Waals surface area contributed by atoms with Crippen LogP contribution < -0.4 is 4.74 Å². The van der Waals surface area contributed by atoms with Gasteiger partial charge in [-0.1, -0.05) is 25.4 Å². The number of nitrogens with zero attached hydrogens (tertiary/aromatic N) is 2. The Morgan fingerprint density at radius 3 is 2.46 bits per heavy atom. The van der Waals surface area contributed by atoms with E-state index < -0.39 is 35.3 Å². The van der Waals surface area contributed by atoms with Gasteiger partial charge in [-0.3, -0.25) is 10.1 Å². The van der Waals surface area contributed by atoms with Gasteiger partial charge in [-0.15, -0.1) is 0 Å². The van der Waals surface area contributed by atoms with Gasteiger partial charge in [0.15, 0.2) is 0 Å². The molecule has 0 aliphatic rings. The van der Waals surface area contributed by atoms with Crippen molar-refractivity contribution < 1.29 is 22.8 Å². The van der Waals surface area contributed by atoms with E-state index in [2.05, 4.69) is 4.98 Å². The second-order valence-corrected chi connectivity index (χ2v) is 5.37. The maximum Gasteiger partial charge on any atom is 0.245 e. The van der Waals surface area contributed by atoms with Gasteiger partial charge in [0.05, 0.1) is 17.8 Å². The van der Waals surface area contributed by atoms with Crippen LogP contribution in [-0.4, -0.2) is 30.2 Å². The van der Waals surface area contributed by atoms with E-state index in [0.29, 0.717) is 5.56 Å². The molecule has 0 radical (unpaired) electrons. The first-order valence-corrected chi connectivity index (χ1v) is 8.06. The van der Waals surface area contributed by atoms with Crippen molar-refractivity contribution in [3.05, 3.63) is 57.0 Å². The largest absolute Gasteiger partial charge is 0.494 e. The van der Waals surface area contributed by atoms with E-state index in [9.17, 15) is 23.3 Å². The number of aromatic nitrogens is 1. The smallest absolute Gasteiger partial charge is 0.245 e. The predicted molar refractivity (Wildman–Crippen MR) is 93.2 cm³/mol. The summed E-state index contributed by atoms with van der Waals surface area (Å²) in [4.78, 5) is 13.6. The summed E-state index contributed by atoms with van der Waals surface area (Å²) in [7, 11) is 1.33. The summed E-state index contributed by atoms with van der Waals surface area (Å²) in [5.74, 6) is -0.462. The van der Waals surface area contributed by atoms with E-state index in [1.54, 1.807) is 0 Å². The molecule has 0 amide bonds. The molecule has 0 bridgehead atoms. The molecule has 0 saturated heterocycles. The first kappa shape index (κ1) is 21.7. The van der Waals surface area contributed by atoms with Gasteiger partial charge in [0.1, 0.15) is 23.9 Å². The van der Waals surface area contributed by atoms with Crippen molar-refractivity contribution >= 4 is 11.6 Å². The monoisotopic (exact) mass is 390 g/mol. The number of pyridine rings is 1. The van der Waals surface area contributed by atoms with Crippen LogP contribution in [0.1, 0.15) is 19.5 Å². The molecule has 0 fully saturated rings. The fourth-order valence-corrected chi connectivity index (χ4v) is 2.29. The van der Waals surface area contributed by atoms with Crippen molar-refractivity contribution in [1.29, 1.82) is 0 Å². The van der Waals surface area contributed by atoms with Gasteiger partial charge in [-0.2, -0.15) is 0 Å². The molecule has 26 heavy (non-hydrogen) atoms. The Morgan fingerprint density at radius 2 is 1.96 bits per heavy atom. The third kappa shape index (κ3) is 4.85. The Morgan fingerprint density at radius 1 is 1.31 bits per heavy atom. The molecule has 2 rings (SSSR count). The number of methoxy groups -OCH3 is 1. The Hall–Kier alpha value is -2.35. The molecule has 0 spiro atoms. The molecule has 0 aliphatic heterocycles. The Kier molecular flexibility index (Phi) is 7.82. The number of ether oxygens (including phenoxy) is 1. The van der Waals surface area contributed by atoms with Crippen LogP contribution in [0.15, 0.2) is 30.3 Å². The van der Waals surface area contributed by atoms with Crippen molar-refractivity contribution in [1.82, 2.24) is 4.98 Å². The average Bonchev–Trinajstić information content (AvgIpc) is 2.64. The molecule has 5 nitrogen and oxygen atoms in total. The fraction of sp³-hybridized carbons (Fsp3) is 0.353. The SMILES string of the molecule is CC.COc1ccc(C(F)(CF)C[N+](=O)[O-])nc1-c1ccc(F)c(Cl)c1. The standard InChI is InChI=1S/C15H12ClF3N2O3.C2H6/c1-24-12-4-5-13(15(19,7-17)8-21(22)23)20-14(12)9-2-3-11(18)10(16)6-9;1-2/h2-6H,7-8H2,1H3;1-2H3. The third-order valence-electron chi connectivity index (χ3n) is 3.32. The van der Waals surface area contributed by atoms with Gasteiger partial charge in [-0.25, -0.2) is 18.2 Å². The molecule has 1 aromatic carbocycles. The summed E-state index contributed by atoms with van der Waals surface area (Å²) in [5, 5.41) is 10.4. The van der Waals surface area contributed by atoms with Crippen molar-refractivity contribution in [3.8, 4) is 17.0 Å². The first-order valence-electron chi connectivity index (χ1n) is 7.68. The van der Waals surface area contributed by atoms with Crippen LogP contribution in [0.3, 0.4) is 0 Å². The number of nitro groups is 1. The summed E-state index contributed by atoms with van der Waals surface area (Å²) in [6, 6.07) is 6.07. The lowest BCUT2D eigenvalue weighted by molar-refractivity contribution is -0.498. The van der Waals surface area contributed by atoms with E-state index in [0.717, 1.165) is 12.1 Å². The first-order chi connectivity index (χ1) is 12.3. The second-order valence-electron chi connectivity index (χ2n) is 4.97. The molecule has 142 valence electrons. The molecular formula is C17H18ClF3N2O3. The topological polar surface area (TPSA) is 65.3 Å². The van der Waals surface area contributed by atoms with E-state index in [1.165, 1.54) is 25.3 Å². The third-order valence-corrected chi connectivity index (χ3v) is 3.61. The number of alkyl halides is 2. The van der Waals surface area contributed by atoms with E-state index in [-0.39, 0.29) is 16.5 Å². The summed E-state index contributed by atoms with van der Waals surface area (Å²) in [5.41, 5.74) is -2.98. The highest BCUT2D eigenvalue weighted by Gasteiger charge is 2.40. The maximum atomic E-state index is 14.6. The van der Waals surface area contributed by atoms with Gasteiger partial charge in [0, 0.05) is 10.5 Å². The van der Waals surface area contributed by atoms with E-state index in [1.807, 2.05) is 13.8 Å². The summed E-state index contributed by atoms with van der Waals surface area (Å²) in [6.07, 6.45) is 0. The molecule has 1 atom stereocenters. The van der Waals surface area contributed by atoms with Gasteiger partial charge in [0.2, 0.25) is 12.2 Å². The number of benzene rings is 1. The number of rotatable bonds is 6. The Balaban J connectivity index is 0.00000163. The van der Waals surface area contributed by atoms with Crippen LogP contribution in [0.25, 0.3) is 11.3 Å². The van der Waals surface area contributed by atoms with Gasteiger partial charge < -0.3 is 4.74 Å². The Bertz CT molecular complexity index is 777. The summed E-state index contributed by atoms with van der Waals surface area (Å²) in [6.45, 7) is 1.11. The number of hydrogen-bond donors (Lipinski definition) is 0. The molecule has 9 heteroatoms. The van der Waals surface area contributed by atoms with Crippen molar-refractivity contribution in [2.75, 3.05) is 20.3 Å². The van der Waals surface area contributed by atoms with E-state index >= 15 is 0 Å². The lowest BCUT2D eigenvalue weighted by Crippen LogP contribution is -2.33. The van der Waals surface area contributed by atoms with E-state index in [4.69, 9.17) is 16.3 Å². The molecule has 2 aromatic rings. The Labute approximate surface area is 153 Å². The highest BCUT2D eigenvalue weighted by Crippen LogP contribution is 2.34. The van der Waals surface area contributed by atoms with Crippen molar-refractivity contribution in [3.63, 3.8) is 0 Å². The maximum absolute atomic E-state index is 14.6. The number of hydrogen-bond acceptors (Lipinski definition) is 4. The zero-order valence-corrected chi connectivity index (χ0v) is 15.2. The summed E-state index contributed by atoms with van der Waals surface area (Å²) < 4.78 is 46.1. The van der Waals surface area contributed by atoms with Crippen LogP contribution in [-0.2, 0) is 5.67 Å². The zero-order valence-electron chi connectivity index (χ0n) is 14.4. The minimum absolute atomic E-state index is 0.0655. The molecule has 1 aromatic heterocycles. The van der Waals surface area contributed by atoms with Crippen LogP contribution in [0.5, 0.6) is 5.75 Å². The predicted octanol–water partition coefficient (Wildman–Crippen LogP) is 4.99. The lowest BCUT2D eigenvalue weighted by atomic mass is 10.0.